The van der Waals surface area contributed by atoms with E-state index in [9.17, 15) is 9.59 Å². The molecule has 150 valence electrons. The monoisotopic (exact) mass is 415 g/mol. The van der Waals surface area contributed by atoms with Crippen molar-refractivity contribution in [2.45, 2.75) is 12.3 Å². The molecule has 2 atom stereocenters. The number of benzene rings is 3. The summed E-state index contributed by atoms with van der Waals surface area (Å²) in [6.45, 7) is 0. The number of thiocarbonyl (C=S) groups is 1. The van der Waals surface area contributed by atoms with Crippen LogP contribution in [0.2, 0.25) is 0 Å². The van der Waals surface area contributed by atoms with Gasteiger partial charge in [-0.25, -0.2) is 0 Å². The summed E-state index contributed by atoms with van der Waals surface area (Å²) in [6, 6.07) is 27.1. The zero-order valence-electron chi connectivity index (χ0n) is 16.2. The Morgan fingerprint density at radius 1 is 0.767 bits per heavy atom. The fraction of sp³-hybridized carbons (Fsp3) is 0.125. The maximum atomic E-state index is 12.4. The Morgan fingerprint density at radius 3 is 2.03 bits per heavy atom. The van der Waals surface area contributed by atoms with Crippen molar-refractivity contribution in [3.05, 3.63) is 96.1 Å². The number of rotatable bonds is 4. The van der Waals surface area contributed by atoms with Crippen LogP contribution in [0.15, 0.2) is 84.9 Å². The summed E-state index contributed by atoms with van der Waals surface area (Å²) < 4.78 is 0. The molecule has 0 radical (unpaired) electrons. The molecule has 0 saturated heterocycles. The van der Waals surface area contributed by atoms with Crippen molar-refractivity contribution >= 4 is 29.1 Å². The van der Waals surface area contributed by atoms with E-state index in [1.165, 1.54) is 0 Å². The predicted octanol–water partition coefficient (Wildman–Crippen LogP) is 3.79. The number of hydrogen-bond acceptors (Lipinski definition) is 3. The first-order chi connectivity index (χ1) is 14.6. The highest BCUT2D eigenvalue weighted by molar-refractivity contribution is 7.80. The first-order valence-electron chi connectivity index (χ1n) is 9.73. The van der Waals surface area contributed by atoms with Gasteiger partial charge in [-0.3, -0.25) is 25.8 Å². The van der Waals surface area contributed by atoms with Crippen LogP contribution in [-0.4, -0.2) is 16.9 Å². The van der Waals surface area contributed by atoms with E-state index >= 15 is 0 Å². The van der Waals surface area contributed by atoms with Crippen LogP contribution < -0.4 is 16.2 Å². The van der Waals surface area contributed by atoms with Crippen LogP contribution in [-0.2, 0) is 4.79 Å². The molecule has 0 aliphatic heterocycles. The van der Waals surface area contributed by atoms with Gasteiger partial charge in [-0.15, -0.1) is 0 Å². The molecule has 0 heterocycles. The largest absolute Gasteiger partial charge is 0.298 e. The fourth-order valence-electron chi connectivity index (χ4n) is 3.42. The van der Waals surface area contributed by atoms with Crippen molar-refractivity contribution in [2.24, 2.45) is 5.92 Å². The third-order valence-corrected chi connectivity index (χ3v) is 5.34. The van der Waals surface area contributed by atoms with Crippen LogP contribution in [0.5, 0.6) is 0 Å². The van der Waals surface area contributed by atoms with Crippen molar-refractivity contribution in [1.29, 1.82) is 0 Å². The zero-order chi connectivity index (χ0) is 20.9. The Hall–Kier alpha value is -3.51. The van der Waals surface area contributed by atoms with Crippen LogP contribution in [0.25, 0.3) is 11.1 Å². The van der Waals surface area contributed by atoms with Gasteiger partial charge in [0, 0.05) is 11.5 Å². The van der Waals surface area contributed by atoms with Crippen LogP contribution >= 0.6 is 12.2 Å². The summed E-state index contributed by atoms with van der Waals surface area (Å²) in [6.07, 6.45) is 0.810. The summed E-state index contributed by atoms with van der Waals surface area (Å²) in [7, 11) is 0. The number of hydrogen-bond donors (Lipinski definition) is 3. The highest BCUT2D eigenvalue weighted by atomic mass is 32.1. The second-order valence-electron chi connectivity index (χ2n) is 7.20. The molecule has 2 amide bonds. The molecule has 2 unspecified atom stereocenters. The minimum atomic E-state index is -0.338. The van der Waals surface area contributed by atoms with Gasteiger partial charge in [0.05, 0.1) is 0 Å². The normalized spacial score (nSPS) is 16.9. The molecule has 4 rings (SSSR count). The molecule has 1 aliphatic carbocycles. The minimum absolute atomic E-state index is 0.0531. The molecule has 1 aliphatic rings. The smallest absolute Gasteiger partial charge is 0.257 e. The van der Waals surface area contributed by atoms with E-state index in [1.54, 1.807) is 12.1 Å². The molecule has 3 aromatic carbocycles. The predicted molar refractivity (Wildman–Crippen MR) is 121 cm³/mol. The lowest BCUT2D eigenvalue weighted by Gasteiger charge is -2.11. The molecule has 0 spiro atoms. The van der Waals surface area contributed by atoms with Gasteiger partial charge in [0.1, 0.15) is 0 Å². The van der Waals surface area contributed by atoms with Gasteiger partial charge < -0.3 is 0 Å². The molecular weight excluding hydrogens is 394 g/mol. The number of carbonyl (C=O) groups excluding carboxylic acids is 2. The Labute approximate surface area is 180 Å². The quantitative estimate of drug-likeness (QED) is 0.448. The number of carbonyl (C=O) groups is 2. The van der Waals surface area contributed by atoms with Crippen molar-refractivity contribution in [3.63, 3.8) is 0 Å². The van der Waals surface area contributed by atoms with Gasteiger partial charge in [0.15, 0.2) is 5.11 Å². The molecule has 5 nitrogen and oxygen atoms in total. The summed E-state index contributed by atoms with van der Waals surface area (Å²) in [5, 5.41) is 2.63. The number of amides is 2. The van der Waals surface area contributed by atoms with Gasteiger partial charge in [-0.2, -0.15) is 0 Å². The SMILES string of the molecule is O=C(NC(=S)NNC(=O)C1CC1c1ccccc1)c1ccc(-c2ccccc2)cc1. The van der Waals surface area contributed by atoms with E-state index < -0.39 is 0 Å². The van der Waals surface area contributed by atoms with Crippen LogP contribution in [0.4, 0.5) is 0 Å². The maximum absolute atomic E-state index is 12.4. The lowest BCUT2D eigenvalue weighted by molar-refractivity contribution is -0.123. The standard InChI is InChI=1S/C24H21N3O2S/c28-22(19-13-11-17(12-14-19)16-7-3-1-4-8-16)25-24(30)27-26-23(29)21-15-20(21)18-9-5-2-6-10-18/h1-14,20-21H,15H2,(H,26,29)(H2,25,27,28,30). The highest BCUT2D eigenvalue weighted by Crippen LogP contribution is 2.47. The molecule has 0 aromatic heterocycles. The average Bonchev–Trinajstić information content (AvgIpc) is 3.60. The van der Waals surface area contributed by atoms with E-state index in [0.717, 1.165) is 23.1 Å². The summed E-state index contributed by atoms with van der Waals surface area (Å²) in [4.78, 5) is 24.7. The zero-order valence-corrected chi connectivity index (χ0v) is 17.0. The van der Waals surface area contributed by atoms with Crippen LogP contribution in [0.3, 0.4) is 0 Å². The topological polar surface area (TPSA) is 70.2 Å². The van der Waals surface area contributed by atoms with Gasteiger partial charge in [0.2, 0.25) is 5.91 Å². The van der Waals surface area contributed by atoms with Gasteiger partial charge in [0.25, 0.3) is 5.91 Å². The van der Waals surface area contributed by atoms with Gasteiger partial charge >= 0.3 is 0 Å². The third-order valence-electron chi connectivity index (χ3n) is 5.14. The van der Waals surface area contributed by atoms with E-state index in [-0.39, 0.29) is 28.8 Å². The summed E-state index contributed by atoms with van der Waals surface area (Å²) in [5.74, 6) is -0.314. The van der Waals surface area contributed by atoms with E-state index in [0.29, 0.717) is 5.56 Å². The van der Waals surface area contributed by atoms with E-state index in [4.69, 9.17) is 12.2 Å². The van der Waals surface area contributed by atoms with Crippen molar-refractivity contribution < 1.29 is 9.59 Å². The first-order valence-corrected chi connectivity index (χ1v) is 10.1. The molecule has 3 N–H and O–H groups in total. The number of nitrogens with one attached hydrogen (secondary N) is 3. The Morgan fingerprint density at radius 2 is 1.37 bits per heavy atom. The second kappa shape index (κ2) is 8.88. The lowest BCUT2D eigenvalue weighted by atomic mass is 10.0. The van der Waals surface area contributed by atoms with Crippen molar-refractivity contribution in [1.82, 2.24) is 16.2 Å². The van der Waals surface area contributed by atoms with E-state index in [2.05, 4.69) is 16.2 Å². The Bertz CT molecular complexity index is 1050. The first kappa shape index (κ1) is 19.8. The molecule has 1 fully saturated rings. The molecule has 1 saturated carbocycles. The molecule has 30 heavy (non-hydrogen) atoms. The van der Waals surface area contributed by atoms with Gasteiger partial charge in [-0.1, -0.05) is 72.8 Å². The summed E-state index contributed by atoms with van der Waals surface area (Å²) >= 11 is 5.12. The average molecular weight is 416 g/mol. The van der Waals surface area contributed by atoms with Crippen LogP contribution in [0.1, 0.15) is 28.3 Å². The molecule has 3 aromatic rings. The molecule has 0 bridgehead atoms. The van der Waals surface area contributed by atoms with E-state index in [1.807, 2.05) is 72.8 Å². The van der Waals surface area contributed by atoms with Crippen molar-refractivity contribution in [3.8, 4) is 11.1 Å². The van der Waals surface area contributed by atoms with Gasteiger partial charge in [-0.05, 0) is 53.4 Å². The Kier molecular flexibility index (Phi) is 5.86. The third kappa shape index (κ3) is 4.72. The Balaban J connectivity index is 1.25. The molecular formula is C24H21N3O2S. The highest BCUT2D eigenvalue weighted by Gasteiger charge is 2.43. The van der Waals surface area contributed by atoms with Crippen molar-refractivity contribution in [2.75, 3.05) is 0 Å². The fourth-order valence-corrected chi connectivity index (χ4v) is 3.56. The second-order valence-corrected chi connectivity index (χ2v) is 7.61. The van der Waals surface area contributed by atoms with Crippen LogP contribution in [0, 0.1) is 5.92 Å². The number of hydrazine groups is 1. The summed E-state index contributed by atoms with van der Waals surface area (Å²) in [5.41, 5.74) is 8.95. The maximum Gasteiger partial charge on any atom is 0.257 e. The minimum Gasteiger partial charge on any atom is -0.298 e. The molecule has 6 heteroatoms. The lowest BCUT2D eigenvalue weighted by Crippen LogP contribution is -2.49.